The molecular formula is C22H31FN2O2. The van der Waals surface area contributed by atoms with Gasteiger partial charge in [-0.25, -0.2) is 4.39 Å². The minimum atomic E-state index is -0.0860. The number of methoxy groups -OCH3 is 1. The number of furan rings is 1. The van der Waals surface area contributed by atoms with Crippen LogP contribution in [0, 0.1) is 11.7 Å². The molecule has 0 saturated carbocycles. The Labute approximate surface area is 161 Å². The third kappa shape index (κ3) is 6.16. The van der Waals surface area contributed by atoms with Crippen LogP contribution in [0.3, 0.4) is 0 Å². The highest BCUT2D eigenvalue weighted by molar-refractivity contribution is 5.17. The van der Waals surface area contributed by atoms with Crippen LogP contribution in [0.1, 0.15) is 29.9 Å². The first-order chi connectivity index (χ1) is 13.1. The first kappa shape index (κ1) is 20.1. The van der Waals surface area contributed by atoms with Crippen LogP contribution in [0.4, 0.5) is 4.39 Å². The molecule has 3 rings (SSSR count). The molecule has 27 heavy (non-hydrogen) atoms. The molecule has 1 atom stereocenters. The minimum Gasteiger partial charge on any atom is -0.462 e. The fourth-order valence-electron chi connectivity index (χ4n) is 3.98. The zero-order valence-corrected chi connectivity index (χ0v) is 16.5. The number of rotatable bonds is 9. The maximum atomic E-state index is 13.8. The van der Waals surface area contributed by atoms with Gasteiger partial charge in [-0.15, -0.1) is 0 Å². The lowest BCUT2D eigenvalue weighted by Crippen LogP contribution is -2.40. The second-order valence-electron chi connectivity index (χ2n) is 7.65. The van der Waals surface area contributed by atoms with Crippen molar-refractivity contribution < 1.29 is 13.5 Å². The van der Waals surface area contributed by atoms with Crippen molar-refractivity contribution in [3.8, 4) is 0 Å². The quantitative estimate of drug-likeness (QED) is 0.665. The maximum Gasteiger partial charge on any atom is 0.129 e. The number of nitrogens with zero attached hydrogens (tertiary/aromatic N) is 2. The second-order valence-corrected chi connectivity index (χ2v) is 7.65. The maximum absolute atomic E-state index is 13.8. The molecule has 5 heteroatoms. The Hall–Kier alpha value is -1.69. The average molecular weight is 375 g/mol. The van der Waals surface area contributed by atoms with Crippen molar-refractivity contribution in [3.05, 3.63) is 59.3 Å². The molecule has 0 unspecified atom stereocenters. The Bertz CT molecular complexity index is 703. The summed E-state index contributed by atoms with van der Waals surface area (Å²) < 4.78 is 24.7. The first-order valence-corrected chi connectivity index (χ1v) is 9.85. The molecule has 0 radical (unpaired) electrons. The van der Waals surface area contributed by atoms with Crippen LogP contribution in [0.25, 0.3) is 0 Å². The number of benzene rings is 1. The third-order valence-corrected chi connectivity index (χ3v) is 5.26. The molecule has 0 bridgehead atoms. The summed E-state index contributed by atoms with van der Waals surface area (Å²) in [5.74, 6) is 2.42. The van der Waals surface area contributed by atoms with E-state index in [2.05, 4.69) is 16.8 Å². The molecule has 1 aromatic heterocycles. The second kappa shape index (κ2) is 10.0. The van der Waals surface area contributed by atoms with Crippen LogP contribution in [-0.2, 0) is 24.3 Å². The van der Waals surface area contributed by atoms with Gasteiger partial charge < -0.3 is 14.1 Å². The zero-order valence-electron chi connectivity index (χ0n) is 16.5. The van der Waals surface area contributed by atoms with Gasteiger partial charge in [0.1, 0.15) is 23.9 Å². The van der Waals surface area contributed by atoms with Gasteiger partial charge in [0, 0.05) is 26.7 Å². The molecule has 0 N–H and O–H groups in total. The van der Waals surface area contributed by atoms with E-state index in [1.54, 1.807) is 19.2 Å². The minimum absolute atomic E-state index is 0.0860. The van der Waals surface area contributed by atoms with E-state index in [0.29, 0.717) is 12.5 Å². The van der Waals surface area contributed by atoms with Gasteiger partial charge in [-0.1, -0.05) is 18.2 Å². The summed E-state index contributed by atoms with van der Waals surface area (Å²) in [6, 6.07) is 11.1. The molecule has 1 aliphatic rings. The van der Waals surface area contributed by atoms with E-state index in [4.69, 9.17) is 9.15 Å². The van der Waals surface area contributed by atoms with E-state index in [1.807, 2.05) is 24.3 Å². The van der Waals surface area contributed by atoms with Crippen molar-refractivity contribution in [3.63, 3.8) is 0 Å². The van der Waals surface area contributed by atoms with Crippen LogP contribution in [0.2, 0.25) is 0 Å². The SMILES string of the molecule is COCc1ccc(CN(C)C[C@H]2CCCN(CCc3ccccc3F)C2)o1. The Morgan fingerprint density at radius 2 is 2.04 bits per heavy atom. The number of hydrogen-bond acceptors (Lipinski definition) is 4. The largest absolute Gasteiger partial charge is 0.462 e. The van der Waals surface area contributed by atoms with Crippen LogP contribution >= 0.6 is 0 Å². The normalized spacial score (nSPS) is 18.3. The van der Waals surface area contributed by atoms with Crippen LogP contribution in [-0.4, -0.2) is 50.1 Å². The predicted molar refractivity (Wildman–Crippen MR) is 105 cm³/mol. The smallest absolute Gasteiger partial charge is 0.129 e. The third-order valence-electron chi connectivity index (χ3n) is 5.26. The van der Waals surface area contributed by atoms with E-state index >= 15 is 0 Å². The summed E-state index contributed by atoms with van der Waals surface area (Å²) in [4.78, 5) is 4.82. The van der Waals surface area contributed by atoms with E-state index in [9.17, 15) is 4.39 Å². The highest BCUT2D eigenvalue weighted by Gasteiger charge is 2.21. The molecule has 0 aliphatic carbocycles. The Morgan fingerprint density at radius 1 is 1.22 bits per heavy atom. The standard InChI is InChI=1S/C22H31FN2O2/c1-24(16-20-9-10-21(27-20)17-26-2)14-18-6-5-12-25(15-18)13-11-19-7-3-4-8-22(19)23/h3-4,7-10,18H,5-6,11-17H2,1-2H3/t18-/m1/s1. The molecule has 2 heterocycles. The van der Waals surface area contributed by atoms with E-state index in [0.717, 1.165) is 56.2 Å². The Kier molecular flexibility index (Phi) is 7.44. The van der Waals surface area contributed by atoms with Crippen molar-refractivity contribution in [2.24, 2.45) is 5.92 Å². The van der Waals surface area contributed by atoms with Crippen molar-refractivity contribution in [2.75, 3.05) is 40.3 Å². The van der Waals surface area contributed by atoms with Gasteiger partial charge in [0.05, 0.1) is 6.54 Å². The van der Waals surface area contributed by atoms with Gasteiger partial charge in [0.25, 0.3) is 0 Å². The summed E-state index contributed by atoms with van der Waals surface area (Å²) in [5.41, 5.74) is 0.821. The van der Waals surface area contributed by atoms with Crippen LogP contribution < -0.4 is 0 Å². The molecule has 1 aliphatic heterocycles. The Morgan fingerprint density at radius 3 is 2.85 bits per heavy atom. The van der Waals surface area contributed by atoms with Gasteiger partial charge in [0.15, 0.2) is 0 Å². The first-order valence-electron chi connectivity index (χ1n) is 9.85. The highest BCUT2D eigenvalue weighted by Crippen LogP contribution is 2.19. The van der Waals surface area contributed by atoms with Gasteiger partial charge in [-0.3, -0.25) is 4.90 Å². The van der Waals surface area contributed by atoms with Gasteiger partial charge >= 0.3 is 0 Å². The van der Waals surface area contributed by atoms with E-state index in [-0.39, 0.29) is 5.82 Å². The molecule has 2 aromatic rings. The van der Waals surface area contributed by atoms with Crippen molar-refractivity contribution >= 4 is 0 Å². The molecule has 1 aromatic carbocycles. The number of hydrogen-bond donors (Lipinski definition) is 0. The summed E-state index contributed by atoms with van der Waals surface area (Å²) in [7, 11) is 3.83. The average Bonchev–Trinajstić information content (AvgIpc) is 3.08. The van der Waals surface area contributed by atoms with Crippen LogP contribution in [0.15, 0.2) is 40.8 Å². The molecule has 1 saturated heterocycles. The molecular weight excluding hydrogens is 343 g/mol. The fourth-order valence-corrected chi connectivity index (χ4v) is 3.98. The molecule has 0 spiro atoms. The zero-order chi connectivity index (χ0) is 19.1. The summed E-state index contributed by atoms with van der Waals surface area (Å²) in [6.45, 7) is 5.52. The lowest BCUT2D eigenvalue weighted by atomic mass is 9.97. The molecule has 4 nitrogen and oxygen atoms in total. The lowest BCUT2D eigenvalue weighted by Gasteiger charge is -2.34. The number of piperidine rings is 1. The van der Waals surface area contributed by atoms with E-state index < -0.39 is 0 Å². The number of ether oxygens (including phenoxy) is 1. The summed E-state index contributed by atoms with van der Waals surface area (Å²) in [6.07, 6.45) is 3.26. The van der Waals surface area contributed by atoms with E-state index in [1.165, 1.54) is 12.8 Å². The molecule has 0 amide bonds. The predicted octanol–water partition coefficient (Wildman–Crippen LogP) is 3.95. The van der Waals surface area contributed by atoms with Crippen molar-refractivity contribution in [1.82, 2.24) is 9.80 Å². The number of halogens is 1. The Balaban J connectivity index is 1.43. The summed E-state index contributed by atoms with van der Waals surface area (Å²) >= 11 is 0. The topological polar surface area (TPSA) is 28.9 Å². The molecule has 148 valence electrons. The van der Waals surface area contributed by atoms with Gasteiger partial charge in [-0.2, -0.15) is 0 Å². The van der Waals surface area contributed by atoms with Gasteiger partial charge in [-0.05, 0) is 62.5 Å². The van der Waals surface area contributed by atoms with Crippen molar-refractivity contribution in [2.45, 2.75) is 32.4 Å². The van der Waals surface area contributed by atoms with Gasteiger partial charge in [0.2, 0.25) is 0 Å². The fraction of sp³-hybridized carbons (Fsp3) is 0.545. The van der Waals surface area contributed by atoms with Crippen LogP contribution in [0.5, 0.6) is 0 Å². The monoisotopic (exact) mass is 374 g/mol. The number of likely N-dealkylation sites (tertiary alicyclic amines) is 1. The summed E-state index contributed by atoms with van der Waals surface area (Å²) in [5, 5.41) is 0. The van der Waals surface area contributed by atoms with Crippen molar-refractivity contribution in [1.29, 1.82) is 0 Å². The highest BCUT2D eigenvalue weighted by atomic mass is 19.1. The lowest BCUT2D eigenvalue weighted by molar-refractivity contribution is 0.136. The molecule has 1 fully saturated rings.